The predicted molar refractivity (Wildman–Crippen MR) is 142 cm³/mol. The van der Waals surface area contributed by atoms with Crippen LogP contribution in [0.5, 0.6) is 0 Å². The van der Waals surface area contributed by atoms with E-state index in [9.17, 15) is 0 Å². The van der Waals surface area contributed by atoms with Crippen LogP contribution in [0, 0.1) is 0 Å². The van der Waals surface area contributed by atoms with E-state index in [0.717, 1.165) is 26.2 Å². The first kappa shape index (κ1) is 32.9. The van der Waals surface area contributed by atoms with E-state index in [2.05, 4.69) is 65.9 Å². The van der Waals surface area contributed by atoms with Crippen molar-refractivity contribution in [2.75, 3.05) is 0 Å². The first-order valence-electron chi connectivity index (χ1n) is 11.8. The summed E-state index contributed by atoms with van der Waals surface area (Å²) in [7, 11) is 9.59. The van der Waals surface area contributed by atoms with Gasteiger partial charge in [0.25, 0.3) is 0 Å². The zero-order valence-electron chi connectivity index (χ0n) is 21.3. The molecule has 0 aliphatic carbocycles. The van der Waals surface area contributed by atoms with Crippen LogP contribution in [0.4, 0.5) is 0 Å². The molecule has 0 aliphatic heterocycles. The van der Waals surface area contributed by atoms with Crippen LogP contribution >= 0.6 is 20.2 Å². The minimum absolute atomic E-state index is 0.00694. The van der Waals surface area contributed by atoms with Gasteiger partial charge in [0.1, 0.15) is 0 Å². The first-order valence-corrected chi connectivity index (χ1v) is 15.1. The fourth-order valence-corrected chi connectivity index (χ4v) is 2.71. The van der Waals surface area contributed by atoms with Gasteiger partial charge in [-0.1, -0.05) is 27.7 Å². The van der Waals surface area contributed by atoms with E-state index in [0.29, 0.717) is 0 Å². The number of rotatable bonds is 8. The van der Waals surface area contributed by atoms with Crippen molar-refractivity contribution in [2.24, 2.45) is 0 Å². The Morgan fingerprint density at radius 3 is 0.800 bits per heavy atom. The van der Waals surface area contributed by atoms with Crippen LogP contribution in [0.15, 0.2) is 74.9 Å². The van der Waals surface area contributed by atoms with Crippen molar-refractivity contribution in [1.82, 2.24) is 38.2 Å². The Labute approximate surface area is 225 Å². The molecule has 0 N–H and O–H groups in total. The molecule has 0 radical (unpaired) electrons. The summed E-state index contributed by atoms with van der Waals surface area (Å²) < 4.78 is 8.28. The van der Waals surface area contributed by atoms with Crippen molar-refractivity contribution in [3.63, 3.8) is 0 Å². The van der Waals surface area contributed by atoms with Gasteiger partial charge in [-0.3, -0.25) is 0 Å². The quantitative estimate of drug-likeness (QED) is 0.227. The number of nitrogens with zero attached hydrogens (tertiary/aromatic N) is 8. The molecule has 35 heavy (non-hydrogen) atoms. The zero-order chi connectivity index (χ0) is 26.0. The number of hydrogen-bond donors (Lipinski definition) is 0. The zero-order valence-corrected chi connectivity index (χ0v) is 24.0. The van der Waals surface area contributed by atoms with Gasteiger partial charge in [-0.15, -0.1) is 0 Å². The molecule has 0 saturated carbocycles. The molecule has 4 aromatic heterocycles. The van der Waals surface area contributed by atoms with Gasteiger partial charge in [0.2, 0.25) is 0 Å². The molecule has 0 aliphatic rings. The second kappa shape index (κ2) is 25.0. The van der Waals surface area contributed by atoms with Crippen molar-refractivity contribution in [1.29, 1.82) is 0 Å². The van der Waals surface area contributed by atoms with Crippen LogP contribution in [-0.4, -0.2) is 38.2 Å². The monoisotopic (exact) mass is 565 g/mol. The van der Waals surface area contributed by atoms with Gasteiger partial charge in [-0.05, 0) is 25.7 Å². The van der Waals surface area contributed by atoms with Gasteiger partial charge < -0.3 is 18.3 Å². The molecule has 4 heterocycles. The number of halogens is 2. The van der Waals surface area contributed by atoms with E-state index >= 15 is 0 Å². The van der Waals surface area contributed by atoms with Crippen molar-refractivity contribution >= 4 is 20.2 Å². The van der Waals surface area contributed by atoms with E-state index in [1.165, 1.54) is 25.7 Å². The molecule has 4 rings (SSSR count). The third-order valence-corrected chi connectivity index (χ3v) is 4.16. The molecular weight excluding hydrogens is 526 g/mol. The summed E-state index contributed by atoms with van der Waals surface area (Å²) in [5, 5.41) is 0. The number of imidazole rings is 4. The second-order valence-corrected chi connectivity index (χ2v) is 9.21. The van der Waals surface area contributed by atoms with Crippen molar-refractivity contribution in [3.05, 3.63) is 74.9 Å². The van der Waals surface area contributed by atoms with Crippen LogP contribution < -0.4 is 0 Å². The fraction of sp³-hybridized carbons (Fsp3) is 0.500. The molecule has 0 spiro atoms. The second-order valence-electron chi connectivity index (χ2n) is 7.26. The number of aromatic nitrogens is 8. The Morgan fingerprint density at radius 1 is 0.486 bits per heavy atom. The fourth-order valence-electron chi connectivity index (χ4n) is 2.71. The van der Waals surface area contributed by atoms with Crippen LogP contribution in [0.2, 0.25) is 0 Å². The van der Waals surface area contributed by atoms with Crippen LogP contribution in [0.25, 0.3) is 0 Å². The first-order chi connectivity index (χ1) is 17.1. The normalized spacial score (nSPS) is 9.31. The van der Waals surface area contributed by atoms with E-state index in [1.807, 2.05) is 50.1 Å². The summed E-state index contributed by atoms with van der Waals surface area (Å²) in [6, 6.07) is 0. The maximum absolute atomic E-state index is 4.80. The van der Waals surface area contributed by atoms with E-state index in [-0.39, 0.29) is 13.1 Å². The van der Waals surface area contributed by atoms with E-state index < -0.39 is 0 Å². The molecule has 11 heteroatoms. The number of aryl methyl sites for hydroxylation is 4. The summed E-state index contributed by atoms with van der Waals surface area (Å²) in [5.74, 6) is 0. The van der Waals surface area contributed by atoms with Gasteiger partial charge in [0.05, 0.1) is 25.3 Å². The Balaban J connectivity index is 0.000000424. The van der Waals surface area contributed by atoms with Gasteiger partial charge in [0.15, 0.2) is 0 Å². The topological polar surface area (TPSA) is 71.3 Å². The predicted octanol–water partition coefficient (Wildman–Crippen LogP) is 6.55. The summed E-state index contributed by atoms with van der Waals surface area (Å²) >= 11 is 0.00694. The van der Waals surface area contributed by atoms with Crippen LogP contribution in [0.3, 0.4) is 0 Å². The summed E-state index contributed by atoms with van der Waals surface area (Å²) in [6.45, 7) is 12.9. The van der Waals surface area contributed by atoms with E-state index in [1.54, 1.807) is 24.8 Å². The third kappa shape index (κ3) is 19.9. The summed E-state index contributed by atoms with van der Waals surface area (Å²) in [6.07, 6.45) is 27.2. The molecule has 8 nitrogen and oxygen atoms in total. The molecule has 0 atom stereocenters. The molecular formula is C24H40Cl2MnN8. The average Bonchev–Trinajstić information content (AvgIpc) is 3.66. The summed E-state index contributed by atoms with van der Waals surface area (Å²) in [4.78, 5) is 15.6. The minimum atomic E-state index is 0.00694. The van der Waals surface area contributed by atoms with Crippen molar-refractivity contribution in [3.8, 4) is 0 Å². The molecule has 0 unspecified atom stereocenters. The van der Waals surface area contributed by atoms with Gasteiger partial charge in [-0.25, -0.2) is 19.9 Å². The molecule has 0 amide bonds. The van der Waals surface area contributed by atoms with Gasteiger partial charge in [-0.2, -0.15) is 0 Å². The Bertz CT molecular complexity index is 707. The Kier molecular flexibility index (Phi) is 23.6. The number of hydrogen-bond acceptors (Lipinski definition) is 4. The van der Waals surface area contributed by atoms with Crippen LogP contribution in [-0.2, 0) is 39.3 Å². The van der Waals surface area contributed by atoms with Crippen molar-refractivity contribution < 1.29 is 13.1 Å². The van der Waals surface area contributed by atoms with Crippen LogP contribution in [0.1, 0.15) is 53.4 Å². The Hall–Kier alpha value is -2.06. The Morgan fingerprint density at radius 2 is 0.686 bits per heavy atom. The van der Waals surface area contributed by atoms with Gasteiger partial charge in [0, 0.05) is 75.8 Å². The molecule has 197 valence electrons. The molecule has 0 aromatic carbocycles. The molecule has 0 fully saturated rings. The van der Waals surface area contributed by atoms with Gasteiger partial charge >= 0.3 is 33.3 Å². The summed E-state index contributed by atoms with van der Waals surface area (Å²) in [5.41, 5.74) is 0. The van der Waals surface area contributed by atoms with Crippen molar-refractivity contribution in [2.45, 2.75) is 79.6 Å². The maximum atomic E-state index is 4.80. The molecule has 0 bridgehead atoms. The van der Waals surface area contributed by atoms with E-state index in [4.69, 9.17) is 20.2 Å². The molecule has 0 saturated heterocycles. The standard InChI is InChI=1S/4C6H10N2.2ClH.Mn/c4*1-2-4-8-5-3-7-6-8;;;/h4*3,5-6H,2,4H2,1H3;2*1H;/q;;;;;;+2/p-2. The molecule has 4 aromatic rings. The third-order valence-electron chi connectivity index (χ3n) is 4.16. The average molecular weight is 566 g/mol. The SMILES string of the molecule is CCCn1ccnc1.CCCn1ccnc1.CCCn1ccnc1.CCCn1ccnc1.[Cl][Mn][Cl].